The van der Waals surface area contributed by atoms with Gasteiger partial charge in [-0.25, -0.2) is 4.98 Å². The number of aromatic nitrogens is 3. The van der Waals surface area contributed by atoms with E-state index in [-0.39, 0.29) is 17.7 Å². The third kappa shape index (κ3) is 5.76. The molecule has 10 nitrogen and oxygen atoms in total. The van der Waals surface area contributed by atoms with Crippen LogP contribution in [0.15, 0.2) is 36.5 Å². The smallest absolute Gasteiger partial charge is 0.404 e. The van der Waals surface area contributed by atoms with Crippen molar-refractivity contribution in [3.05, 3.63) is 47.1 Å². The van der Waals surface area contributed by atoms with E-state index in [2.05, 4.69) is 25.2 Å². The maximum Gasteiger partial charge on any atom is 0.573 e. The Labute approximate surface area is 219 Å². The van der Waals surface area contributed by atoms with Crippen LogP contribution in [0.2, 0.25) is 0 Å². The van der Waals surface area contributed by atoms with E-state index < -0.39 is 29.3 Å². The maximum absolute atomic E-state index is 13.2. The van der Waals surface area contributed by atoms with Crippen molar-refractivity contribution in [2.24, 2.45) is 0 Å². The summed E-state index contributed by atoms with van der Waals surface area (Å²) in [6.07, 6.45) is -2.41. The Hall–Kier alpha value is -3.62. The van der Waals surface area contributed by atoms with Gasteiger partial charge in [-0.3, -0.25) is 14.5 Å². The normalized spacial score (nSPS) is 17.1. The van der Waals surface area contributed by atoms with Gasteiger partial charge >= 0.3 is 6.36 Å². The van der Waals surface area contributed by atoms with Gasteiger partial charge in [-0.15, -0.1) is 23.4 Å². The van der Waals surface area contributed by atoms with Crippen molar-refractivity contribution in [3.8, 4) is 16.3 Å². The van der Waals surface area contributed by atoms with Gasteiger partial charge in [0.05, 0.1) is 25.3 Å². The molecule has 3 aromatic rings. The average Bonchev–Trinajstić information content (AvgIpc) is 3.58. The van der Waals surface area contributed by atoms with E-state index in [4.69, 9.17) is 10.5 Å². The number of amides is 1. The van der Waals surface area contributed by atoms with Gasteiger partial charge in [0.25, 0.3) is 0 Å². The first-order valence-corrected chi connectivity index (χ1v) is 12.6. The van der Waals surface area contributed by atoms with Crippen molar-refractivity contribution in [1.82, 2.24) is 20.1 Å². The molecule has 1 aliphatic carbocycles. The summed E-state index contributed by atoms with van der Waals surface area (Å²) in [5.41, 5.74) is 5.34. The second kappa shape index (κ2) is 10.3. The van der Waals surface area contributed by atoms with Crippen LogP contribution in [0.3, 0.4) is 0 Å². The molecule has 3 heterocycles. The van der Waals surface area contributed by atoms with Crippen LogP contribution in [-0.4, -0.2) is 70.0 Å². The van der Waals surface area contributed by atoms with Crippen LogP contribution in [0.1, 0.15) is 28.2 Å². The second-order valence-corrected chi connectivity index (χ2v) is 9.98. The van der Waals surface area contributed by atoms with Crippen LogP contribution in [0.25, 0.3) is 10.6 Å². The molecule has 200 valence electrons. The standard InChI is InChI=1S/C24H23F3N6O4S/c25-24(26,27)37-18-3-1-14(11-16(18)30-22(35)23(5-6-23)33-7-9-36-10-8-33)17(34)12-20-31-32-21(38-20)15-2-4-19(28)29-13-15/h1-4,11,13H,5-10,12H2,(H2,28,29)(H,30,35). The summed E-state index contributed by atoms with van der Waals surface area (Å²) >= 11 is 1.19. The Morgan fingerprint density at radius 1 is 1.16 bits per heavy atom. The molecule has 1 aromatic carbocycles. The topological polar surface area (TPSA) is 133 Å². The first kappa shape index (κ1) is 26.0. The first-order chi connectivity index (χ1) is 18.1. The molecular weight excluding hydrogens is 525 g/mol. The molecule has 0 bridgehead atoms. The molecule has 38 heavy (non-hydrogen) atoms. The lowest BCUT2D eigenvalue weighted by molar-refractivity contribution is -0.274. The largest absolute Gasteiger partial charge is 0.573 e. The van der Waals surface area contributed by atoms with Crippen molar-refractivity contribution < 1.29 is 32.2 Å². The number of anilines is 2. The number of nitrogens with one attached hydrogen (secondary N) is 1. The number of Topliss-reactive ketones (excluding diaryl/α,β-unsaturated/α-hetero) is 1. The van der Waals surface area contributed by atoms with Crippen molar-refractivity contribution in [3.63, 3.8) is 0 Å². The number of nitrogens with zero attached hydrogens (tertiary/aromatic N) is 4. The minimum atomic E-state index is -4.98. The number of rotatable bonds is 8. The zero-order valence-electron chi connectivity index (χ0n) is 20.0. The number of pyridine rings is 1. The Balaban J connectivity index is 1.35. The zero-order chi connectivity index (χ0) is 26.9. The highest BCUT2D eigenvalue weighted by Gasteiger charge is 2.54. The fourth-order valence-electron chi connectivity index (χ4n) is 4.26. The van der Waals surface area contributed by atoms with E-state index in [0.717, 1.165) is 6.07 Å². The van der Waals surface area contributed by atoms with Crippen LogP contribution in [0.5, 0.6) is 5.75 Å². The van der Waals surface area contributed by atoms with Gasteiger partial charge in [0.1, 0.15) is 21.4 Å². The monoisotopic (exact) mass is 548 g/mol. The highest BCUT2D eigenvalue weighted by atomic mass is 32.1. The molecule has 0 spiro atoms. The Kier molecular flexibility index (Phi) is 7.03. The quantitative estimate of drug-likeness (QED) is 0.407. The fraction of sp³-hybridized carbons (Fsp3) is 0.375. The number of morpholine rings is 1. The molecule has 0 radical (unpaired) electrons. The van der Waals surface area contributed by atoms with E-state index in [1.165, 1.54) is 23.5 Å². The number of ether oxygens (including phenoxy) is 2. The predicted octanol–water partition coefficient (Wildman–Crippen LogP) is 3.31. The van der Waals surface area contributed by atoms with E-state index in [1.807, 2.05) is 4.90 Å². The Morgan fingerprint density at radius 3 is 2.58 bits per heavy atom. The number of benzene rings is 1. The number of hydrogen-bond donors (Lipinski definition) is 2. The number of ketones is 1. The molecule has 5 rings (SSSR count). The first-order valence-electron chi connectivity index (χ1n) is 11.7. The fourth-order valence-corrected chi connectivity index (χ4v) is 5.09. The second-order valence-electron chi connectivity index (χ2n) is 8.92. The number of halogens is 3. The Morgan fingerprint density at radius 2 is 1.92 bits per heavy atom. The third-order valence-electron chi connectivity index (χ3n) is 6.35. The summed E-state index contributed by atoms with van der Waals surface area (Å²) in [5.74, 6) is -1.10. The molecule has 1 aliphatic heterocycles. The van der Waals surface area contributed by atoms with Gasteiger partial charge in [-0.1, -0.05) is 11.3 Å². The highest BCUT2D eigenvalue weighted by molar-refractivity contribution is 7.14. The molecular formula is C24H23F3N6O4S. The summed E-state index contributed by atoms with van der Waals surface area (Å²) in [5, 5.41) is 11.6. The number of hydrogen-bond acceptors (Lipinski definition) is 10. The highest BCUT2D eigenvalue weighted by Crippen LogP contribution is 2.44. The summed E-state index contributed by atoms with van der Waals surface area (Å²) in [6.45, 7) is 2.05. The molecule has 2 fully saturated rings. The maximum atomic E-state index is 13.2. The number of alkyl halides is 3. The Bertz CT molecular complexity index is 1340. The molecule has 14 heteroatoms. The van der Waals surface area contributed by atoms with Crippen molar-refractivity contribution in [1.29, 1.82) is 0 Å². The summed E-state index contributed by atoms with van der Waals surface area (Å²) in [6, 6.07) is 6.79. The van der Waals surface area contributed by atoms with Gasteiger partial charge in [0.15, 0.2) is 11.5 Å². The van der Waals surface area contributed by atoms with Crippen molar-refractivity contribution in [2.75, 3.05) is 37.4 Å². The van der Waals surface area contributed by atoms with E-state index in [0.29, 0.717) is 60.5 Å². The number of nitrogen functional groups attached to an aromatic ring is 1. The minimum Gasteiger partial charge on any atom is -0.404 e. The SMILES string of the molecule is Nc1ccc(-c2nnc(CC(=O)c3ccc(OC(F)(F)F)c(NC(=O)C4(N5CCOCC5)CC4)c3)s2)cn1. The van der Waals surface area contributed by atoms with Crippen molar-refractivity contribution in [2.45, 2.75) is 31.2 Å². The lowest BCUT2D eigenvalue weighted by atomic mass is 10.1. The molecule has 1 saturated carbocycles. The minimum absolute atomic E-state index is 0.0944. The molecule has 2 aromatic heterocycles. The molecule has 0 atom stereocenters. The number of nitrogens with two attached hydrogens (primary N) is 1. The van der Waals surface area contributed by atoms with Crippen LogP contribution in [0, 0.1) is 0 Å². The zero-order valence-corrected chi connectivity index (χ0v) is 20.8. The number of carbonyl (C=O) groups excluding carboxylic acids is 2. The van der Waals surface area contributed by atoms with Crippen LogP contribution in [-0.2, 0) is 16.0 Å². The predicted molar refractivity (Wildman–Crippen MR) is 132 cm³/mol. The van der Waals surface area contributed by atoms with E-state index >= 15 is 0 Å². The van der Waals surface area contributed by atoms with Gasteiger partial charge < -0.3 is 20.5 Å². The lowest BCUT2D eigenvalue weighted by Crippen LogP contribution is -2.51. The lowest BCUT2D eigenvalue weighted by Gasteiger charge is -2.34. The van der Waals surface area contributed by atoms with Crippen LogP contribution < -0.4 is 15.8 Å². The summed E-state index contributed by atoms with van der Waals surface area (Å²) < 4.78 is 48.6. The summed E-state index contributed by atoms with van der Waals surface area (Å²) in [7, 11) is 0. The molecule has 0 unspecified atom stereocenters. The van der Waals surface area contributed by atoms with Gasteiger partial charge in [-0.05, 0) is 43.2 Å². The molecule has 1 amide bonds. The third-order valence-corrected chi connectivity index (χ3v) is 7.32. The van der Waals surface area contributed by atoms with Gasteiger partial charge in [0, 0.05) is 30.4 Å². The van der Waals surface area contributed by atoms with Crippen LogP contribution in [0.4, 0.5) is 24.7 Å². The molecule has 3 N–H and O–H groups in total. The molecule has 1 saturated heterocycles. The summed E-state index contributed by atoms with van der Waals surface area (Å²) in [4.78, 5) is 32.2. The van der Waals surface area contributed by atoms with Gasteiger partial charge in [0.2, 0.25) is 5.91 Å². The van der Waals surface area contributed by atoms with E-state index in [9.17, 15) is 22.8 Å². The average molecular weight is 549 g/mol. The van der Waals surface area contributed by atoms with Crippen LogP contribution >= 0.6 is 11.3 Å². The van der Waals surface area contributed by atoms with E-state index in [1.54, 1.807) is 18.3 Å². The van der Waals surface area contributed by atoms with Crippen molar-refractivity contribution >= 4 is 34.5 Å². The van der Waals surface area contributed by atoms with Gasteiger partial charge in [-0.2, -0.15) is 0 Å². The molecule has 2 aliphatic rings. The number of carbonyl (C=O) groups is 2.